The number of hydrogen-bond acceptors (Lipinski definition) is 7. The van der Waals surface area contributed by atoms with Crippen LogP contribution < -0.4 is 20.3 Å². The fourth-order valence-electron chi connectivity index (χ4n) is 3.96. The molecule has 2 N–H and O–H groups in total. The van der Waals surface area contributed by atoms with Gasteiger partial charge in [0.25, 0.3) is 5.91 Å². The third-order valence-electron chi connectivity index (χ3n) is 5.85. The first-order valence-electron chi connectivity index (χ1n) is 10.8. The molecular formula is C22H28ClN7O2. The minimum atomic E-state index is -0.277. The Balaban J connectivity index is 0.00000245. The molecule has 0 spiro atoms. The number of hydrogen-bond donors (Lipinski definition) is 2. The molecule has 9 nitrogen and oxygen atoms in total. The number of imidazole rings is 1. The van der Waals surface area contributed by atoms with E-state index in [9.17, 15) is 4.79 Å². The number of ether oxygens (including phenoxy) is 1. The summed E-state index contributed by atoms with van der Waals surface area (Å²) in [6.45, 7) is 6.76. The molecule has 0 radical (unpaired) electrons. The molecular weight excluding hydrogens is 430 g/mol. The normalized spacial score (nSPS) is 18.7. The maximum absolute atomic E-state index is 13.1. The third-order valence-corrected chi connectivity index (χ3v) is 5.85. The molecule has 1 saturated heterocycles. The second kappa shape index (κ2) is 9.30. The van der Waals surface area contributed by atoms with Crippen molar-refractivity contribution in [1.29, 1.82) is 0 Å². The number of nitrogens with zero attached hydrogens (tertiary/aromatic N) is 5. The lowest BCUT2D eigenvalue weighted by atomic mass is 9.96. The zero-order chi connectivity index (χ0) is 21.4. The summed E-state index contributed by atoms with van der Waals surface area (Å²) >= 11 is 0. The van der Waals surface area contributed by atoms with E-state index in [1.807, 2.05) is 29.7 Å². The topological polar surface area (TPSA) is 96.7 Å². The van der Waals surface area contributed by atoms with Gasteiger partial charge >= 0.3 is 0 Å². The Morgan fingerprint density at radius 3 is 2.78 bits per heavy atom. The van der Waals surface area contributed by atoms with Gasteiger partial charge in [0.2, 0.25) is 0 Å². The zero-order valence-electron chi connectivity index (χ0n) is 18.2. The van der Waals surface area contributed by atoms with E-state index >= 15 is 0 Å². The van der Waals surface area contributed by atoms with Gasteiger partial charge < -0.3 is 24.7 Å². The van der Waals surface area contributed by atoms with Gasteiger partial charge in [0.1, 0.15) is 11.4 Å². The lowest BCUT2D eigenvalue weighted by molar-refractivity contribution is 0.0990. The standard InChI is InChI=1S/C22H27N7O2.ClH/c1-14-11-28(9-8-23-14)20-7-6-19(26-27-20)25-22(30)17-13-29-12-15(2)24-21(29)10-18(17)31-16-4-3-5-16;/h6-7,10,12-14,16,23H,3-5,8-9,11H2,1-2H3,(H,25,26,30);1H/t14-;/m0./s1. The van der Waals surface area contributed by atoms with Crippen molar-refractivity contribution < 1.29 is 9.53 Å². The molecule has 1 aliphatic heterocycles. The second-order valence-electron chi connectivity index (χ2n) is 8.40. The number of anilines is 2. The van der Waals surface area contributed by atoms with Crippen molar-refractivity contribution in [3.05, 3.63) is 41.9 Å². The predicted octanol–water partition coefficient (Wildman–Crippen LogP) is 2.84. The maximum atomic E-state index is 13.1. The van der Waals surface area contributed by atoms with E-state index < -0.39 is 0 Å². The van der Waals surface area contributed by atoms with E-state index in [1.54, 1.807) is 12.3 Å². The van der Waals surface area contributed by atoms with Gasteiger partial charge in [0, 0.05) is 44.1 Å². The lowest BCUT2D eigenvalue weighted by Crippen LogP contribution is -2.49. The van der Waals surface area contributed by atoms with E-state index in [-0.39, 0.29) is 24.4 Å². The average molecular weight is 458 g/mol. The van der Waals surface area contributed by atoms with Crippen LogP contribution in [0.1, 0.15) is 42.2 Å². The number of piperazine rings is 1. The Morgan fingerprint density at radius 1 is 1.25 bits per heavy atom. The number of aryl methyl sites for hydroxylation is 1. The molecule has 170 valence electrons. The molecule has 0 aromatic carbocycles. The molecule has 4 heterocycles. The first kappa shape index (κ1) is 22.3. The number of fused-ring (bicyclic) bond motifs is 1. The molecule has 3 aromatic rings. The van der Waals surface area contributed by atoms with Crippen LogP contribution in [0.4, 0.5) is 11.6 Å². The average Bonchev–Trinajstić information content (AvgIpc) is 3.09. The first-order chi connectivity index (χ1) is 15.0. The van der Waals surface area contributed by atoms with Crippen LogP contribution in [-0.4, -0.2) is 57.3 Å². The molecule has 0 unspecified atom stereocenters. The SMILES string of the molecule is Cc1cn2cc(C(=O)Nc3ccc(N4CCN[C@@H](C)C4)nn3)c(OC3CCC3)cc2n1.Cl. The summed E-state index contributed by atoms with van der Waals surface area (Å²) in [5.41, 5.74) is 2.10. The van der Waals surface area contributed by atoms with Crippen molar-refractivity contribution >= 4 is 35.6 Å². The quantitative estimate of drug-likeness (QED) is 0.608. The van der Waals surface area contributed by atoms with E-state index in [0.29, 0.717) is 23.2 Å². The van der Waals surface area contributed by atoms with Crippen LogP contribution in [0.15, 0.2) is 30.6 Å². The molecule has 1 amide bonds. The highest BCUT2D eigenvalue weighted by molar-refractivity contribution is 6.05. The summed E-state index contributed by atoms with van der Waals surface area (Å²) in [6, 6.07) is 5.93. The zero-order valence-corrected chi connectivity index (χ0v) is 19.1. The van der Waals surface area contributed by atoms with E-state index in [1.165, 1.54) is 0 Å². The second-order valence-corrected chi connectivity index (χ2v) is 8.40. The Hall–Kier alpha value is -2.91. The van der Waals surface area contributed by atoms with Gasteiger partial charge in [-0.05, 0) is 45.2 Å². The summed E-state index contributed by atoms with van der Waals surface area (Å²) < 4.78 is 7.95. The first-order valence-corrected chi connectivity index (χ1v) is 10.8. The summed E-state index contributed by atoms with van der Waals surface area (Å²) in [5, 5.41) is 14.8. The van der Waals surface area contributed by atoms with Crippen molar-refractivity contribution in [3.63, 3.8) is 0 Å². The van der Waals surface area contributed by atoms with E-state index in [4.69, 9.17) is 4.74 Å². The number of amides is 1. The number of carbonyl (C=O) groups excluding carboxylic acids is 1. The largest absolute Gasteiger partial charge is 0.489 e. The van der Waals surface area contributed by atoms with Gasteiger partial charge in [-0.1, -0.05) is 0 Å². The Morgan fingerprint density at radius 2 is 2.09 bits per heavy atom. The van der Waals surface area contributed by atoms with Crippen molar-refractivity contribution in [3.8, 4) is 5.75 Å². The van der Waals surface area contributed by atoms with Crippen LogP contribution in [0.5, 0.6) is 5.75 Å². The molecule has 2 aliphatic rings. The Labute approximate surface area is 193 Å². The Kier molecular flexibility index (Phi) is 6.48. The highest BCUT2D eigenvalue weighted by Gasteiger charge is 2.24. The number of aromatic nitrogens is 4. The van der Waals surface area contributed by atoms with Gasteiger partial charge in [-0.15, -0.1) is 22.6 Å². The number of rotatable bonds is 5. The van der Waals surface area contributed by atoms with Gasteiger partial charge in [0.05, 0.1) is 17.4 Å². The van der Waals surface area contributed by atoms with Gasteiger partial charge in [0.15, 0.2) is 11.6 Å². The smallest absolute Gasteiger partial charge is 0.262 e. The molecule has 32 heavy (non-hydrogen) atoms. The number of nitrogens with one attached hydrogen (secondary N) is 2. The molecule has 2 fully saturated rings. The third kappa shape index (κ3) is 4.63. The van der Waals surface area contributed by atoms with Crippen molar-refractivity contribution in [2.45, 2.75) is 45.3 Å². The minimum Gasteiger partial charge on any atom is -0.489 e. The maximum Gasteiger partial charge on any atom is 0.262 e. The highest BCUT2D eigenvalue weighted by Crippen LogP contribution is 2.29. The van der Waals surface area contributed by atoms with Crippen LogP contribution >= 0.6 is 12.4 Å². The molecule has 0 bridgehead atoms. The summed E-state index contributed by atoms with van der Waals surface area (Å²) in [6.07, 6.45) is 7.00. The van der Waals surface area contributed by atoms with Gasteiger partial charge in [-0.2, -0.15) is 0 Å². The molecule has 5 rings (SSSR count). The van der Waals surface area contributed by atoms with Crippen LogP contribution in [0.25, 0.3) is 5.65 Å². The van der Waals surface area contributed by atoms with Crippen molar-refractivity contribution in [2.75, 3.05) is 29.9 Å². The predicted molar refractivity (Wildman–Crippen MR) is 125 cm³/mol. The molecule has 10 heteroatoms. The summed E-state index contributed by atoms with van der Waals surface area (Å²) in [5.74, 6) is 1.50. The minimum absolute atomic E-state index is 0. The van der Waals surface area contributed by atoms with Crippen LogP contribution in [0.2, 0.25) is 0 Å². The molecule has 1 saturated carbocycles. The van der Waals surface area contributed by atoms with Crippen molar-refractivity contribution in [2.24, 2.45) is 0 Å². The Bertz CT molecular complexity index is 1100. The van der Waals surface area contributed by atoms with Crippen LogP contribution in [0, 0.1) is 6.92 Å². The fraction of sp³-hybridized carbons (Fsp3) is 0.455. The van der Waals surface area contributed by atoms with E-state index in [0.717, 1.165) is 56.1 Å². The van der Waals surface area contributed by atoms with Crippen molar-refractivity contribution in [1.82, 2.24) is 24.9 Å². The number of halogens is 1. The van der Waals surface area contributed by atoms with Crippen LogP contribution in [-0.2, 0) is 0 Å². The van der Waals surface area contributed by atoms with Gasteiger partial charge in [-0.25, -0.2) is 4.98 Å². The molecule has 3 aromatic heterocycles. The fourth-order valence-corrected chi connectivity index (χ4v) is 3.96. The van der Waals surface area contributed by atoms with Crippen LogP contribution in [0.3, 0.4) is 0 Å². The summed E-state index contributed by atoms with van der Waals surface area (Å²) in [7, 11) is 0. The number of carbonyl (C=O) groups is 1. The monoisotopic (exact) mass is 457 g/mol. The summed E-state index contributed by atoms with van der Waals surface area (Å²) in [4.78, 5) is 19.8. The molecule has 1 aliphatic carbocycles. The van der Waals surface area contributed by atoms with E-state index in [2.05, 4.69) is 37.6 Å². The van der Waals surface area contributed by atoms with Gasteiger partial charge in [-0.3, -0.25) is 4.79 Å². The molecule has 1 atom stereocenters. The number of pyridine rings is 1. The highest BCUT2D eigenvalue weighted by atomic mass is 35.5. The lowest BCUT2D eigenvalue weighted by Gasteiger charge is -2.32.